The summed E-state index contributed by atoms with van der Waals surface area (Å²) in [5.41, 5.74) is 1.78. The minimum absolute atomic E-state index is 0.254. The zero-order valence-corrected chi connectivity index (χ0v) is 12.4. The summed E-state index contributed by atoms with van der Waals surface area (Å²) in [4.78, 5) is 29.4. The first kappa shape index (κ1) is 14.4. The van der Waals surface area contributed by atoms with Gasteiger partial charge in [-0.3, -0.25) is 4.90 Å². The van der Waals surface area contributed by atoms with Crippen LogP contribution in [0.1, 0.15) is 13.8 Å². The predicted octanol–water partition coefficient (Wildman–Crippen LogP) is 0.340. The van der Waals surface area contributed by atoms with E-state index in [1.807, 2.05) is 28.8 Å². The summed E-state index contributed by atoms with van der Waals surface area (Å²) in [6, 6.07) is 6.16. The summed E-state index contributed by atoms with van der Waals surface area (Å²) in [5, 5.41) is 13.6. The molecule has 1 aliphatic rings. The minimum atomic E-state index is -1.28. The predicted molar refractivity (Wildman–Crippen MR) is 79.2 cm³/mol. The SMILES string of the molecule is CC(C)[C@H](NC(=O)N1CCn2c1nc1ccccc12)C(=O)[O-]. The monoisotopic (exact) mass is 301 g/mol. The van der Waals surface area contributed by atoms with Gasteiger partial charge in [0.1, 0.15) is 0 Å². The number of benzene rings is 1. The van der Waals surface area contributed by atoms with Crippen molar-refractivity contribution in [3.8, 4) is 0 Å². The normalized spacial score (nSPS) is 15.1. The molecule has 2 heterocycles. The average Bonchev–Trinajstić information content (AvgIpc) is 3.02. The fourth-order valence-corrected chi connectivity index (χ4v) is 2.69. The lowest BCUT2D eigenvalue weighted by Crippen LogP contribution is -2.54. The van der Waals surface area contributed by atoms with Gasteiger partial charge in [0.25, 0.3) is 0 Å². The second kappa shape index (κ2) is 5.32. The molecule has 0 aliphatic carbocycles. The third kappa shape index (κ3) is 2.28. The lowest BCUT2D eigenvalue weighted by molar-refractivity contribution is -0.309. The number of aliphatic carboxylic acids is 1. The fourth-order valence-electron chi connectivity index (χ4n) is 2.69. The Morgan fingerprint density at radius 1 is 1.27 bits per heavy atom. The summed E-state index contributed by atoms with van der Waals surface area (Å²) < 4.78 is 1.96. The topological polar surface area (TPSA) is 90.3 Å². The van der Waals surface area contributed by atoms with Crippen molar-refractivity contribution in [2.45, 2.75) is 26.4 Å². The van der Waals surface area contributed by atoms with Gasteiger partial charge in [0, 0.05) is 13.1 Å². The quantitative estimate of drug-likeness (QED) is 0.885. The van der Waals surface area contributed by atoms with Gasteiger partial charge in [0.15, 0.2) is 0 Å². The number of imidazole rings is 1. The van der Waals surface area contributed by atoms with Crippen LogP contribution in [-0.2, 0) is 11.3 Å². The van der Waals surface area contributed by atoms with Crippen molar-refractivity contribution in [3.05, 3.63) is 24.3 Å². The number of aromatic nitrogens is 2. The van der Waals surface area contributed by atoms with Crippen LogP contribution in [0.5, 0.6) is 0 Å². The van der Waals surface area contributed by atoms with Crippen LogP contribution < -0.4 is 15.3 Å². The molecule has 116 valence electrons. The van der Waals surface area contributed by atoms with Crippen molar-refractivity contribution in [3.63, 3.8) is 0 Å². The highest BCUT2D eigenvalue weighted by Crippen LogP contribution is 2.27. The van der Waals surface area contributed by atoms with E-state index in [0.717, 1.165) is 11.0 Å². The Morgan fingerprint density at radius 2 is 2.00 bits per heavy atom. The largest absolute Gasteiger partial charge is 0.548 e. The number of rotatable bonds is 3. The summed E-state index contributed by atoms with van der Waals surface area (Å²) in [7, 11) is 0. The van der Waals surface area contributed by atoms with E-state index in [4.69, 9.17) is 0 Å². The number of urea groups is 1. The number of nitrogens with zero attached hydrogens (tertiary/aromatic N) is 3. The van der Waals surface area contributed by atoms with Crippen LogP contribution in [0.2, 0.25) is 0 Å². The molecule has 7 nitrogen and oxygen atoms in total. The standard InChI is InChI=1S/C15H18N4O3/c1-9(2)12(13(20)21)17-15(22)19-8-7-18-11-6-4-3-5-10(11)16-14(18)19/h3-6,9,12H,7-8H2,1-2H3,(H,17,22)(H,20,21)/p-1/t12-/m0/s1. The van der Waals surface area contributed by atoms with E-state index in [9.17, 15) is 14.7 Å². The molecule has 3 rings (SSSR count). The summed E-state index contributed by atoms with van der Waals surface area (Å²) in [6.45, 7) is 4.55. The van der Waals surface area contributed by atoms with E-state index in [1.165, 1.54) is 4.90 Å². The maximum atomic E-state index is 12.4. The third-order valence-electron chi connectivity index (χ3n) is 3.87. The van der Waals surface area contributed by atoms with Crippen LogP contribution >= 0.6 is 0 Å². The Balaban J connectivity index is 1.86. The van der Waals surface area contributed by atoms with E-state index in [1.54, 1.807) is 13.8 Å². The molecular formula is C15H17N4O3-. The molecule has 7 heteroatoms. The number of anilines is 1. The van der Waals surface area contributed by atoms with Crippen molar-refractivity contribution >= 4 is 29.0 Å². The number of para-hydroxylation sites is 2. The zero-order chi connectivity index (χ0) is 15.9. The lowest BCUT2D eigenvalue weighted by atomic mass is 10.1. The molecule has 1 aromatic heterocycles. The summed E-state index contributed by atoms with van der Waals surface area (Å²) >= 11 is 0. The Labute approximate surface area is 127 Å². The number of hydrogen-bond donors (Lipinski definition) is 1. The van der Waals surface area contributed by atoms with E-state index in [0.29, 0.717) is 19.0 Å². The van der Waals surface area contributed by atoms with Crippen LogP contribution in [0.4, 0.5) is 10.7 Å². The van der Waals surface area contributed by atoms with Crippen LogP contribution in [0.15, 0.2) is 24.3 Å². The highest BCUT2D eigenvalue weighted by Gasteiger charge is 2.30. The second-order valence-corrected chi connectivity index (χ2v) is 5.69. The van der Waals surface area contributed by atoms with Crippen LogP contribution in [-0.4, -0.2) is 34.1 Å². The first-order valence-electron chi connectivity index (χ1n) is 7.23. The van der Waals surface area contributed by atoms with Crippen LogP contribution in [0.25, 0.3) is 11.0 Å². The highest BCUT2D eigenvalue weighted by molar-refractivity contribution is 5.95. The first-order valence-corrected chi connectivity index (χ1v) is 7.23. The molecule has 0 fully saturated rings. The van der Waals surface area contributed by atoms with Gasteiger partial charge in [-0.25, -0.2) is 9.78 Å². The molecule has 0 unspecified atom stereocenters. The summed E-state index contributed by atoms with van der Waals surface area (Å²) in [6.07, 6.45) is 0. The highest BCUT2D eigenvalue weighted by atomic mass is 16.4. The molecule has 0 spiro atoms. The second-order valence-electron chi connectivity index (χ2n) is 5.69. The Kier molecular flexibility index (Phi) is 3.48. The molecule has 1 N–H and O–H groups in total. The minimum Gasteiger partial charge on any atom is -0.548 e. The molecule has 0 radical (unpaired) electrons. The number of carbonyl (C=O) groups excluding carboxylic acids is 2. The van der Waals surface area contributed by atoms with Crippen molar-refractivity contribution in [1.82, 2.24) is 14.9 Å². The number of amides is 2. The van der Waals surface area contributed by atoms with Gasteiger partial charge >= 0.3 is 6.03 Å². The molecule has 1 aromatic carbocycles. The van der Waals surface area contributed by atoms with Crippen molar-refractivity contribution in [1.29, 1.82) is 0 Å². The zero-order valence-electron chi connectivity index (χ0n) is 12.4. The van der Waals surface area contributed by atoms with Gasteiger partial charge in [-0.2, -0.15) is 0 Å². The van der Waals surface area contributed by atoms with Crippen LogP contribution in [0.3, 0.4) is 0 Å². The molecule has 1 atom stereocenters. The van der Waals surface area contributed by atoms with Crippen molar-refractivity contribution < 1.29 is 14.7 Å². The molecule has 2 aromatic rings. The fraction of sp³-hybridized carbons (Fsp3) is 0.400. The number of carboxylic acid groups (broad SMARTS) is 1. The number of nitrogens with one attached hydrogen (secondary N) is 1. The van der Waals surface area contributed by atoms with Crippen LogP contribution in [0, 0.1) is 5.92 Å². The molecule has 0 saturated heterocycles. The van der Waals surface area contributed by atoms with E-state index >= 15 is 0 Å². The van der Waals surface area contributed by atoms with Crippen molar-refractivity contribution in [2.75, 3.05) is 11.4 Å². The third-order valence-corrected chi connectivity index (χ3v) is 3.87. The molecule has 0 bridgehead atoms. The number of fused-ring (bicyclic) bond motifs is 3. The molecule has 1 aliphatic heterocycles. The van der Waals surface area contributed by atoms with E-state index in [-0.39, 0.29) is 5.92 Å². The molecular weight excluding hydrogens is 284 g/mol. The molecule has 0 saturated carbocycles. The maximum absolute atomic E-state index is 12.4. The average molecular weight is 301 g/mol. The number of hydrogen-bond acceptors (Lipinski definition) is 4. The van der Waals surface area contributed by atoms with Gasteiger partial charge in [-0.15, -0.1) is 0 Å². The van der Waals surface area contributed by atoms with Gasteiger partial charge < -0.3 is 19.8 Å². The first-order chi connectivity index (χ1) is 10.5. The number of carboxylic acids is 1. The van der Waals surface area contributed by atoms with Gasteiger partial charge in [0.2, 0.25) is 5.95 Å². The van der Waals surface area contributed by atoms with E-state index < -0.39 is 18.0 Å². The lowest BCUT2D eigenvalue weighted by Gasteiger charge is -2.25. The van der Waals surface area contributed by atoms with Gasteiger partial charge in [-0.1, -0.05) is 26.0 Å². The molecule has 22 heavy (non-hydrogen) atoms. The smallest absolute Gasteiger partial charge is 0.324 e. The summed E-state index contributed by atoms with van der Waals surface area (Å²) in [5.74, 6) is -0.994. The van der Waals surface area contributed by atoms with Gasteiger partial charge in [0.05, 0.1) is 23.0 Å². The Hall–Kier alpha value is -2.57. The molecule has 2 amide bonds. The maximum Gasteiger partial charge on any atom is 0.324 e. The number of carbonyl (C=O) groups is 2. The van der Waals surface area contributed by atoms with Crippen molar-refractivity contribution in [2.24, 2.45) is 5.92 Å². The van der Waals surface area contributed by atoms with E-state index in [2.05, 4.69) is 10.3 Å². The van der Waals surface area contributed by atoms with Gasteiger partial charge in [-0.05, 0) is 18.1 Å². The Bertz CT molecular complexity index is 737. The Morgan fingerprint density at radius 3 is 2.68 bits per heavy atom.